The topological polar surface area (TPSA) is 82.8 Å². The second-order valence-electron chi connectivity index (χ2n) is 4.73. The molecule has 0 radical (unpaired) electrons. The number of amides is 1. The van der Waals surface area contributed by atoms with Crippen LogP contribution in [0.2, 0.25) is 0 Å². The summed E-state index contributed by atoms with van der Waals surface area (Å²) in [6.07, 6.45) is 0.476. The van der Waals surface area contributed by atoms with Gasteiger partial charge in [0.25, 0.3) is 0 Å². The van der Waals surface area contributed by atoms with Gasteiger partial charge in [0, 0.05) is 19.3 Å². The van der Waals surface area contributed by atoms with Crippen molar-refractivity contribution in [3.63, 3.8) is 0 Å². The number of nitrogens with two attached hydrogens (primary N) is 1. The Kier molecular flexibility index (Phi) is 6.98. The lowest BCUT2D eigenvalue weighted by atomic mass is 10.1. The molecule has 0 saturated carbocycles. The van der Waals surface area contributed by atoms with Gasteiger partial charge in [-0.25, -0.2) is 0 Å². The van der Waals surface area contributed by atoms with E-state index in [1.165, 1.54) is 0 Å². The van der Waals surface area contributed by atoms with Crippen LogP contribution in [-0.4, -0.2) is 39.9 Å². The SMILES string of the molecule is COCCC(N)C(=O)NC(C)c1cc(OC)ccc1OC. The molecule has 0 heterocycles. The molecule has 0 aromatic heterocycles. The van der Waals surface area contributed by atoms with Gasteiger partial charge in [-0.1, -0.05) is 0 Å². The molecule has 1 aromatic rings. The van der Waals surface area contributed by atoms with Crippen molar-refractivity contribution in [2.24, 2.45) is 5.73 Å². The third kappa shape index (κ3) is 4.91. The van der Waals surface area contributed by atoms with Crippen LogP contribution in [0.5, 0.6) is 11.5 Å². The monoisotopic (exact) mass is 296 g/mol. The minimum Gasteiger partial charge on any atom is -0.497 e. The predicted octanol–water partition coefficient (Wildman–Crippen LogP) is 1.24. The fraction of sp³-hybridized carbons (Fsp3) is 0.533. The lowest BCUT2D eigenvalue weighted by molar-refractivity contribution is -0.123. The molecular weight excluding hydrogens is 272 g/mol. The number of nitrogens with one attached hydrogen (secondary N) is 1. The Hall–Kier alpha value is -1.79. The van der Waals surface area contributed by atoms with Gasteiger partial charge in [0.1, 0.15) is 11.5 Å². The molecule has 0 aliphatic rings. The van der Waals surface area contributed by atoms with Crippen molar-refractivity contribution in [1.29, 1.82) is 0 Å². The van der Waals surface area contributed by atoms with Crippen molar-refractivity contribution in [3.8, 4) is 11.5 Å². The molecule has 1 aromatic carbocycles. The summed E-state index contributed by atoms with van der Waals surface area (Å²) >= 11 is 0. The standard InChI is InChI=1S/C15H24N2O4/c1-10(17-15(18)13(16)7-8-19-2)12-9-11(20-3)5-6-14(12)21-4/h5-6,9-10,13H,7-8,16H2,1-4H3,(H,17,18). The maximum Gasteiger partial charge on any atom is 0.237 e. The molecule has 1 rings (SSSR count). The highest BCUT2D eigenvalue weighted by molar-refractivity contribution is 5.82. The quantitative estimate of drug-likeness (QED) is 0.754. The molecule has 2 unspecified atom stereocenters. The highest BCUT2D eigenvalue weighted by Crippen LogP contribution is 2.29. The summed E-state index contributed by atoms with van der Waals surface area (Å²) < 4.78 is 15.4. The van der Waals surface area contributed by atoms with E-state index in [4.69, 9.17) is 19.9 Å². The van der Waals surface area contributed by atoms with E-state index in [2.05, 4.69) is 5.32 Å². The normalized spacial score (nSPS) is 13.4. The predicted molar refractivity (Wildman–Crippen MR) is 80.6 cm³/mol. The zero-order chi connectivity index (χ0) is 15.8. The highest BCUT2D eigenvalue weighted by atomic mass is 16.5. The maximum atomic E-state index is 12.0. The number of hydrogen-bond acceptors (Lipinski definition) is 5. The number of methoxy groups -OCH3 is 3. The summed E-state index contributed by atoms with van der Waals surface area (Å²) in [6, 6.07) is 4.62. The Bertz CT molecular complexity index is 465. The number of carbonyl (C=O) groups is 1. The van der Waals surface area contributed by atoms with Gasteiger partial charge >= 0.3 is 0 Å². The lowest BCUT2D eigenvalue weighted by Crippen LogP contribution is -2.42. The molecule has 0 aliphatic heterocycles. The summed E-state index contributed by atoms with van der Waals surface area (Å²) in [5.74, 6) is 1.18. The number of ether oxygens (including phenoxy) is 3. The first kappa shape index (κ1) is 17.3. The molecule has 118 valence electrons. The van der Waals surface area contributed by atoms with Crippen LogP contribution in [0.25, 0.3) is 0 Å². The van der Waals surface area contributed by atoms with Crippen LogP contribution < -0.4 is 20.5 Å². The van der Waals surface area contributed by atoms with Crippen molar-refractivity contribution in [3.05, 3.63) is 23.8 Å². The van der Waals surface area contributed by atoms with Crippen molar-refractivity contribution in [2.45, 2.75) is 25.4 Å². The van der Waals surface area contributed by atoms with Crippen LogP contribution >= 0.6 is 0 Å². The van der Waals surface area contributed by atoms with Crippen molar-refractivity contribution < 1.29 is 19.0 Å². The van der Waals surface area contributed by atoms with E-state index in [1.54, 1.807) is 27.4 Å². The van der Waals surface area contributed by atoms with Crippen LogP contribution in [0.3, 0.4) is 0 Å². The number of rotatable bonds is 8. The third-order valence-electron chi connectivity index (χ3n) is 3.23. The van der Waals surface area contributed by atoms with Gasteiger partial charge in [0.2, 0.25) is 5.91 Å². The number of carbonyl (C=O) groups excluding carboxylic acids is 1. The van der Waals surface area contributed by atoms with Crippen molar-refractivity contribution in [1.82, 2.24) is 5.32 Å². The molecule has 0 saturated heterocycles. The van der Waals surface area contributed by atoms with Gasteiger partial charge in [0.05, 0.1) is 26.3 Å². The van der Waals surface area contributed by atoms with Crippen LogP contribution in [0, 0.1) is 0 Å². The summed E-state index contributed by atoms with van der Waals surface area (Å²) in [5.41, 5.74) is 6.65. The van der Waals surface area contributed by atoms with E-state index in [-0.39, 0.29) is 11.9 Å². The Balaban J connectivity index is 2.78. The second kappa shape index (κ2) is 8.49. The van der Waals surface area contributed by atoms with E-state index < -0.39 is 6.04 Å². The molecule has 3 N–H and O–H groups in total. The summed E-state index contributed by atoms with van der Waals surface area (Å²) in [4.78, 5) is 12.0. The molecular formula is C15H24N2O4. The minimum atomic E-state index is -0.594. The Morgan fingerprint density at radius 2 is 2.00 bits per heavy atom. The zero-order valence-corrected chi connectivity index (χ0v) is 13.0. The molecule has 0 bridgehead atoms. The first-order valence-corrected chi connectivity index (χ1v) is 6.80. The van der Waals surface area contributed by atoms with Crippen LogP contribution in [0.15, 0.2) is 18.2 Å². The number of benzene rings is 1. The van der Waals surface area contributed by atoms with Gasteiger partial charge in [-0.05, 0) is 31.5 Å². The zero-order valence-electron chi connectivity index (χ0n) is 13.0. The average molecular weight is 296 g/mol. The van der Waals surface area contributed by atoms with Gasteiger partial charge in [-0.2, -0.15) is 0 Å². The lowest BCUT2D eigenvalue weighted by Gasteiger charge is -2.20. The summed E-state index contributed by atoms with van der Waals surface area (Å²) in [5, 5.41) is 2.88. The van der Waals surface area contributed by atoms with E-state index in [0.29, 0.717) is 24.5 Å². The van der Waals surface area contributed by atoms with E-state index in [1.807, 2.05) is 19.1 Å². The maximum absolute atomic E-state index is 12.0. The first-order valence-electron chi connectivity index (χ1n) is 6.80. The third-order valence-corrected chi connectivity index (χ3v) is 3.23. The van der Waals surface area contributed by atoms with E-state index in [9.17, 15) is 4.79 Å². The van der Waals surface area contributed by atoms with Crippen molar-refractivity contribution >= 4 is 5.91 Å². The fourth-order valence-corrected chi connectivity index (χ4v) is 1.95. The molecule has 21 heavy (non-hydrogen) atoms. The number of hydrogen-bond donors (Lipinski definition) is 2. The molecule has 6 nitrogen and oxygen atoms in total. The van der Waals surface area contributed by atoms with Crippen LogP contribution in [-0.2, 0) is 9.53 Å². The first-order chi connectivity index (χ1) is 10.0. The smallest absolute Gasteiger partial charge is 0.237 e. The van der Waals surface area contributed by atoms with Crippen LogP contribution in [0.4, 0.5) is 0 Å². The molecule has 1 amide bonds. The van der Waals surface area contributed by atoms with Gasteiger partial charge in [-0.3, -0.25) is 4.79 Å². The Morgan fingerprint density at radius 1 is 1.29 bits per heavy atom. The van der Waals surface area contributed by atoms with Crippen molar-refractivity contribution in [2.75, 3.05) is 27.9 Å². The fourth-order valence-electron chi connectivity index (χ4n) is 1.95. The van der Waals surface area contributed by atoms with Crippen LogP contribution in [0.1, 0.15) is 24.9 Å². The highest BCUT2D eigenvalue weighted by Gasteiger charge is 2.19. The molecule has 6 heteroatoms. The van der Waals surface area contributed by atoms with Gasteiger partial charge in [0.15, 0.2) is 0 Å². The minimum absolute atomic E-state index is 0.218. The molecule has 0 spiro atoms. The molecule has 0 aliphatic carbocycles. The van der Waals surface area contributed by atoms with Gasteiger partial charge in [-0.15, -0.1) is 0 Å². The Labute approximate surface area is 125 Å². The van der Waals surface area contributed by atoms with E-state index >= 15 is 0 Å². The summed E-state index contributed by atoms with van der Waals surface area (Å²) in [7, 11) is 4.76. The molecule has 2 atom stereocenters. The largest absolute Gasteiger partial charge is 0.497 e. The van der Waals surface area contributed by atoms with E-state index in [0.717, 1.165) is 5.56 Å². The van der Waals surface area contributed by atoms with Gasteiger partial charge < -0.3 is 25.3 Å². The second-order valence-corrected chi connectivity index (χ2v) is 4.73. The average Bonchev–Trinajstić information content (AvgIpc) is 2.51. The Morgan fingerprint density at radius 3 is 2.57 bits per heavy atom. The molecule has 0 fully saturated rings. The summed E-state index contributed by atoms with van der Waals surface area (Å²) in [6.45, 7) is 2.32.